The molecule has 0 radical (unpaired) electrons. The first-order valence-corrected chi connectivity index (χ1v) is 10.5. The van der Waals surface area contributed by atoms with E-state index in [0.717, 1.165) is 29.6 Å². The lowest BCUT2D eigenvalue weighted by molar-refractivity contribution is 0.0257. The van der Waals surface area contributed by atoms with Crippen LogP contribution < -0.4 is 20.1 Å². The number of hydrogen-bond donors (Lipinski definition) is 1. The van der Waals surface area contributed by atoms with E-state index in [1.165, 1.54) is 0 Å². The summed E-state index contributed by atoms with van der Waals surface area (Å²) in [6.07, 6.45) is 2.61. The first-order chi connectivity index (χ1) is 14.8. The third-order valence-corrected chi connectivity index (χ3v) is 6.52. The van der Waals surface area contributed by atoms with Crippen molar-refractivity contribution in [1.29, 1.82) is 0 Å². The summed E-state index contributed by atoms with van der Waals surface area (Å²) in [5.41, 5.74) is 6.86. The minimum Gasteiger partial charge on any atom is -0.495 e. The van der Waals surface area contributed by atoms with Gasteiger partial charge in [0.15, 0.2) is 0 Å². The van der Waals surface area contributed by atoms with Gasteiger partial charge >= 0.3 is 0 Å². The summed E-state index contributed by atoms with van der Waals surface area (Å²) in [7, 11) is 4.82. The monoisotopic (exact) mass is 462 g/mol. The highest BCUT2D eigenvalue weighted by atomic mass is 35.5. The quantitative estimate of drug-likeness (QED) is 0.581. The molecule has 1 fully saturated rings. The van der Waals surface area contributed by atoms with Gasteiger partial charge in [-0.1, -0.05) is 23.2 Å². The second-order valence-electron chi connectivity index (χ2n) is 7.77. The minimum absolute atomic E-state index is 0.253. The maximum atomic E-state index is 6.66. The molecule has 0 amide bonds. The molecule has 2 N–H and O–H groups in total. The van der Waals surface area contributed by atoms with Crippen LogP contribution in [0.2, 0.25) is 10.0 Å². The van der Waals surface area contributed by atoms with Crippen molar-refractivity contribution in [2.75, 3.05) is 45.1 Å². The van der Waals surface area contributed by atoms with Gasteiger partial charge in [0.05, 0.1) is 35.6 Å². The van der Waals surface area contributed by atoms with Gasteiger partial charge in [-0.3, -0.25) is 0 Å². The number of fused-ring (bicyclic) bond motifs is 1. The zero-order valence-electron chi connectivity index (χ0n) is 17.8. The number of aromatic nitrogens is 2. The van der Waals surface area contributed by atoms with E-state index in [4.69, 9.17) is 48.1 Å². The third kappa shape index (κ3) is 3.82. The Morgan fingerprint density at radius 1 is 1.06 bits per heavy atom. The fourth-order valence-corrected chi connectivity index (χ4v) is 4.60. The summed E-state index contributed by atoms with van der Waals surface area (Å²) in [6.45, 7) is 3.58. The molecular formula is C22H24Cl2N4O3. The number of anilines is 2. The normalized spacial score (nSPS) is 18.6. The number of methoxy groups -OCH3 is 3. The Morgan fingerprint density at radius 2 is 1.74 bits per heavy atom. The van der Waals surface area contributed by atoms with Gasteiger partial charge in [-0.15, -0.1) is 0 Å². The second-order valence-corrected chi connectivity index (χ2v) is 8.53. The first kappa shape index (κ1) is 21.7. The first-order valence-electron chi connectivity index (χ1n) is 9.77. The highest BCUT2D eigenvalue weighted by Crippen LogP contribution is 2.46. The van der Waals surface area contributed by atoms with Crippen LogP contribution in [-0.2, 0) is 4.74 Å². The SMILES string of the molecule is COc1cc(OC)c(Cl)c(-c2cc3cnc(N)cc3c(N3CCC(C)(OC)C3)n2)c1Cl. The smallest absolute Gasteiger partial charge is 0.141 e. The number of pyridine rings is 2. The topological polar surface area (TPSA) is 82.7 Å². The molecule has 1 aromatic carbocycles. The van der Waals surface area contributed by atoms with Crippen molar-refractivity contribution in [1.82, 2.24) is 9.97 Å². The molecule has 7 nitrogen and oxygen atoms in total. The molecule has 9 heteroatoms. The lowest BCUT2D eigenvalue weighted by atomic mass is 10.1. The average Bonchev–Trinajstić information content (AvgIpc) is 3.16. The Bertz CT molecular complexity index is 1130. The van der Waals surface area contributed by atoms with Gasteiger partial charge in [-0.05, 0) is 25.5 Å². The van der Waals surface area contributed by atoms with Crippen LogP contribution in [0, 0.1) is 0 Å². The van der Waals surface area contributed by atoms with Crippen molar-refractivity contribution in [2.45, 2.75) is 18.9 Å². The minimum atomic E-state index is -0.253. The van der Waals surface area contributed by atoms with Gasteiger partial charge in [0.2, 0.25) is 0 Å². The van der Waals surface area contributed by atoms with Crippen LogP contribution in [0.15, 0.2) is 24.4 Å². The average molecular weight is 463 g/mol. The third-order valence-electron chi connectivity index (χ3n) is 5.77. The van der Waals surface area contributed by atoms with Gasteiger partial charge in [0.1, 0.15) is 23.1 Å². The van der Waals surface area contributed by atoms with Crippen LogP contribution >= 0.6 is 23.2 Å². The van der Waals surface area contributed by atoms with Crippen molar-refractivity contribution >= 4 is 45.6 Å². The van der Waals surface area contributed by atoms with Crippen LogP contribution in [0.4, 0.5) is 11.6 Å². The summed E-state index contributed by atoms with van der Waals surface area (Å²) >= 11 is 13.3. The predicted octanol–water partition coefficient (Wildman–Crippen LogP) is 4.82. The molecule has 1 aliphatic heterocycles. The van der Waals surface area contributed by atoms with Gasteiger partial charge in [-0.2, -0.15) is 0 Å². The molecule has 3 aromatic rings. The highest BCUT2D eigenvalue weighted by Gasteiger charge is 2.35. The molecule has 0 bridgehead atoms. The number of benzene rings is 1. The molecule has 164 valence electrons. The van der Waals surface area contributed by atoms with Gasteiger partial charge in [0, 0.05) is 48.8 Å². The fourth-order valence-electron chi connectivity index (χ4n) is 3.90. The van der Waals surface area contributed by atoms with Gasteiger partial charge in [0.25, 0.3) is 0 Å². The van der Waals surface area contributed by atoms with Crippen LogP contribution in [-0.4, -0.2) is 50.0 Å². The summed E-state index contributed by atoms with van der Waals surface area (Å²) in [4.78, 5) is 11.4. The van der Waals surface area contributed by atoms with Crippen molar-refractivity contribution < 1.29 is 14.2 Å². The van der Waals surface area contributed by atoms with E-state index in [2.05, 4.69) is 16.8 Å². The molecule has 1 unspecified atom stereocenters. The van der Waals surface area contributed by atoms with Crippen LogP contribution in [0.1, 0.15) is 13.3 Å². The fraction of sp³-hybridized carbons (Fsp3) is 0.364. The van der Waals surface area contributed by atoms with E-state index in [0.29, 0.717) is 45.2 Å². The predicted molar refractivity (Wildman–Crippen MR) is 125 cm³/mol. The number of halogens is 2. The zero-order chi connectivity index (χ0) is 22.3. The summed E-state index contributed by atoms with van der Waals surface area (Å²) in [5, 5.41) is 2.49. The number of nitrogens with two attached hydrogens (primary N) is 1. The van der Waals surface area contributed by atoms with E-state index >= 15 is 0 Å². The van der Waals surface area contributed by atoms with E-state index in [9.17, 15) is 0 Å². The number of nitrogen functional groups attached to an aromatic ring is 1. The highest BCUT2D eigenvalue weighted by molar-refractivity contribution is 6.41. The second kappa shape index (κ2) is 8.22. The molecular weight excluding hydrogens is 439 g/mol. The van der Waals surface area contributed by atoms with Gasteiger partial charge < -0.3 is 24.8 Å². The molecule has 1 saturated heterocycles. The summed E-state index contributed by atoms with van der Waals surface area (Å²) in [6, 6.07) is 5.38. The Morgan fingerprint density at radius 3 is 2.32 bits per heavy atom. The van der Waals surface area contributed by atoms with E-state index in [1.807, 2.05) is 12.1 Å². The number of nitrogens with zero attached hydrogens (tertiary/aromatic N) is 3. The number of ether oxygens (including phenoxy) is 3. The van der Waals surface area contributed by atoms with E-state index in [-0.39, 0.29) is 5.60 Å². The lowest BCUT2D eigenvalue weighted by Crippen LogP contribution is -2.32. The Kier molecular flexibility index (Phi) is 5.77. The maximum Gasteiger partial charge on any atom is 0.141 e. The largest absolute Gasteiger partial charge is 0.495 e. The van der Waals surface area contributed by atoms with Crippen molar-refractivity contribution in [2.24, 2.45) is 0 Å². The molecule has 1 atom stereocenters. The standard InChI is InChI=1S/C22H24Cl2N4O3/c1-22(31-4)5-6-28(11-22)21-13-8-17(25)26-10-12(13)7-14(27-21)18-19(23)15(29-2)9-16(30-3)20(18)24/h7-10H,5-6,11H2,1-4H3,(H2,25,26). The maximum absolute atomic E-state index is 6.66. The summed E-state index contributed by atoms with van der Waals surface area (Å²) in [5.74, 6) is 2.10. The van der Waals surface area contributed by atoms with Crippen LogP contribution in [0.5, 0.6) is 11.5 Å². The van der Waals surface area contributed by atoms with E-state index in [1.54, 1.807) is 33.6 Å². The molecule has 0 spiro atoms. The van der Waals surface area contributed by atoms with Crippen molar-refractivity contribution in [3.05, 3.63) is 34.4 Å². The van der Waals surface area contributed by atoms with Crippen LogP contribution in [0.3, 0.4) is 0 Å². The molecule has 0 saturated carbocycles. The molecule has 2 aromatic heterocycles. The Hall–Kier alpha value is -2.48. The van der Waals surface area contributed by atoms with Gasteiger partial charge in [-0.25, -0.2) is 9.97 Å². The van der Waals surface area contributed by atoms with E-state index < -0.39 is 0 Å². The molecule has 4 rings (SSSR count). The number of rotatable bonds is 5. The van der Waals surface area contributed by atoms with Crippen molar-refractivity contribution in [3.63, 3.8) is 0 Å². The Labute approximate surface area is 191 Å². The molecule has 3 heterocycles. The summed E-state index contributed by atoms with van der Waals surface area (Å²) < 4.78 is 16.6. The van der Waals surface area contributed by atoms with Crippen LogP contribution in [0.25, 0.3) is 22.0 Å². The zero-order valence-corrected chi connectivity index (χ0v) is 19.3. The molecule has 1 aliphatic rings. The lowest BCUT2D eigenvalue weighted by Gasteiger charge is -2.25. The number of hydrogen-bond acceptors (Lipinski definition) is 7. The molecule has 31 heavy (non-hydrogen) atoms. The van der Waals surface area contributed by atoms with Crippen molar-refractivity contribution in [3.8, 4) is 22.8 Å². The Balaban J connectivity index is 1.97. The molecule has 0 aliphatic carbocycles.